The SMILES string of the molecule is CN=C(NCC(=O)Nc1ccccc1)NCc1ccc(OC)c(OC)c1.I. The molecule has 27 heavy (non-hydrogen) atoms. The van der Waals surface area contributed by atoms with Crippen LogP contribution in [-0.2, 0) is 11.3 Å². The summed E-state index contributed by atoms with van der Waals surface area (Å²) in [4.78, 5) is 16.1. The Morgan fingerprint density at radius 3 is 2.33 bits per heavy atom. The topological polar surface area (TPSA) is 84.0 Å². The van der Waals surface area contributed by atoms with Crippen LogP contribution in [0.15, 0.2) is 53.5 Å². The lowest BCUT2D eigenvalue weighted by molar-refractivity contribution is -0.115. The highest BCUT2D eigenvalue weighted by Gasteiger charge is 2.07. The fraction of sp³-hybridized carbons (Fsp3) is 0.263. The van der Waals surface area contributed by atoms with Crippen molar-refractivity contribution in [3.63, 3.8) is 0 Å². The normalized spacial score (nSPS) is 10.4. The number of guanidine groups is 1. The second-order valence-corrected chi connectivity index (χ2v) is 5.38. The molecule has 0 spiro atoms. The molecule has 0 fully saturated rings. The minimum Gasteiger partial charge on any atom is -0.493 e. The van der Waals surface area contributed by atoms with Crippen LogP contribution in [0.3, 0.4) is 0 Å². The van der Waals surface area contributed by atoms with Gasteiger partial charge in [-0.25, -0.2) is 0 Å². The minimum atomic E-state index is -0.148. The van der Waals surface area contributed by atoms with Gasteiger partial charge in [-0.05, 0) is 29.8 Å². The Kier molecular flexibility index (Phi) is 10.0. The van der Waals surface area contributed by atoms with Gasteiger partial charge in [0.15, 0.2) is 17.5 Å². The summed E-state index contributed by atoms with van der Waals surface area (Å²) < 4.78 is 10.5. The summed E-state index contributed by atoms with van der Waals surface area (Å²) in [6.07, 6.45) is 0. The Balaban J connectivity index is 0.00000364. The summed E-state index contributed by atoms with van der Waals surface area (Å²) in [7, 11) is 4.85. The quantitative estimate of drug-likeness (QED) is 0.320. The van der Waals surface area contributed by atoms with Crippen LogP contribution in [0.4, 0.5) is 5.69 Å². The maximum Gasteiger partial charge on any atom is 0.243 e. The van der Waals surface area contributed by atoms with Gasteiger partial charge in [0.1, 0.15) is 0 Å². The van der Waals surface area contributed by atoms with Crippen LogP contribution >= 0.6 is 24.0 Å². The van der Waals surface area contributed by atoms with Gasteiger partial charge in [0, 0.05) is 19.3 Å². The molecule has 3 N–H and O–H groups in total. The molecule has 0 aliphatic rings. The number of rotatable bonds is 7. The highest BCUT2D eigenvalue weighted by molar-refractivity contribution is 14.0. The predicted octanol–water partition coefficient (Wildman–Crippen LogP) is 2.63. The van der Waals surface area contributed by atoms with Gasteiger partial charge in [0.25, 0.3) is 0 Å². The van der Waals surface area contributed by atoms with Crippen LogP contribution in [0.1, 0.15) is 5.56 Å². The third-order valence-electron chi connectivity index (χ3n) is 3.61. The number of carbonyl (C=O) groups excluding carboxylic acids is 1. The number of halogens is 1. The van der Waals surface area contributed by atoms with Crippen molar-refractivity contribution in [3.8, 4) is 11.5 Å². The average Bonchev–Trinajstić information content (AvgIpc) is 2.68. The van der Waals surface area contributed by atoms with Gasteiger partial charge in [-0.3, -0.25) is 9.79 Å². The Morgan fingerprint density at radius 1 is 1.00 bits per heavy atom. The molecule has 0 bridgehead atoms. The van der Waals surface area contributed by atoms with Crippen LogP contribution in [-0.4, -0.2) is 39.7 Å². The largest absolute Gasteiger partial charge is 0.493 e. The molecule has 2 rings (SSSR count). The van der Waals surface area contributed by atoms with Gasteiger partial charge in [0.05, 0.1) is 20.8 Å². The number of benzene rings is 2. The molecule has 2 aromatic carbocycles. The van der Waals surface area contributed by atoms with Crippen molar-refractivity contribution in [2.24, 2.45) is 4.99 Å². The van der Waals surface area contributed by atoms with Gasteiger partial charge in [0.2, 0.25) is 5.91 Å². The second-order valence-electron chi connectivity index (χ2n) is 5.38. The summed E-state index contributed by atoms with van der Waals surface area (Å²) in [5, 5.41) is 8.95. The van der Waals surface area contributed by atoms with E-state index in [2.05, 4.69) is 20.9 Å². The molecule has 8 heteroatoms. The highest BCUT2D eigenvalue weighted by atomic mass is 127. The van der Waals surface area contributed by atoms with E-state index in [0.29, 0.717) is 24.0 Å². The van der Waals surface area contributed by atoms with Crippen molar-refractivity contribution >= 4 is 41.5 Å². The van der Waals surface area contributed by atoms with Crippen molar-refractivity contribution < 1.29 is 14.3 Å². The van der Waals surface area contributed by atoms with Crippen molar-refractivity contribution in [3.05, 3.63) is 54.1 Å². The monoisotopic (exact) mass is 484 g/mol. The summed E-state index contributed by atoms with van der Waals surface area (Å²) >= 11 is 0. The number of hydrogen-bond donors (Lipinski definition) is 3. The van der Waals surface area contributed by atoms with E-state index < -0.39 is 0 Å². The number of hydrogen-bond acceptors (Lipinski definition) is 4. The summed E-state index contributed by atoms with van der Waals surface area (Å²) in [5.41, 5.74) is 1.76. The zero-order valence-corrected chi connectivity index (χ0v) is 17.9. The lowest BCUT2D eigenvalue weighted by Crippen LogP contribution is -2.41. The average molecular weight is 484 g/mol. The molecule has 7 nitrogen and oxygen atoms in total. The van der Waals surface area contributed by atoms with E-state index >= 15 is 0 Å². The molecule has 2 aromatic rings. The lowest BCUT2D eigenvalue weighted by Gasteiger charge is -2.13. The first-order valence-corrected chi connectivity index (χ1v) is 8.16. The third kappa shape index (κ3) is 7.33. The molecule has 146 valence electrons. The highest BCUT2D eigenvalue weighted by Crippen LogP contribution is 2.27. The zero-order chi connectivity index (χ0) is 18.8. The van der Waals surface area contributed by atoms with E-state index in [-0.39, 0.29) is 36.4 Å². The van der Waals surface area contributed by atoms with Crippen LogP contribution in [0, 0.1) is 0 Å². The molecule has 0 saturated carbocycles. The van der Waals surface area contributed by atoms with Gasteiger partial charge in [-0.1, -0.05) is 24.3 Å². The summed E-state index contributed by atoms with van der Waals surface area (Å²) in [6, 6.07) is 15.0. The molecular weight excluding hydrogens is 459 g/mol. The molecule has 0 radical (unpaired) electrons. The van der Waals surface area contributed by atoms with E-state index in [9.17, 15) is 4.79 Å². The first kappa shape index (κ1) is 22.6. The van der Waals surface area contributed by atoms with Crippen LogP contribution in [0.2, 0.25) is 0 Å². The standard InChI is InChI=1S/C19H24N4O3.HI/c1-20-19(22-13-18(24)23-15-7-5-4-6-8-15)21-12-14-9-10-16(25-2)17(11-14)26-3;/h4-11H,12-13H2,1-3H3,(H,23,24)(H2,20,21,22);1H. The number of nitrogens with zero attached hydrogens (tertiary/aromatic N) is 1. The number of para-hydroxylation sites is 1. The molecular formula is C19H25IN4O3. The Bertz CT molecular complexity index is 754. The van der Waals surface area contributed by atoms with Gasteiger partial charge < -0.3 is 25.4 Å². The van der Waals surface area contributed by atoms with Crippen molar-refractivity contribution in [1.29, 1.82) is 0 Å². The first-order valence-electron chi connectivity index (χ1n) is 8.16. The number of nitrogens with one attached hydrogen (secondary N) is 3. The maximum absolute atomic E-state index is 12.0. The van der Waals surface area contributed by atoms with Crippen molar-refractivity contribution in [2.45, 2.75) is 6.54 Å². The molecule has 0 aliphatic carbocycles. The van der Waals surface area contributed by atoms with E-state index in [4.69, 9.17) is 9.47 Å². The number of ether oxygens (including phenoxy) is 2. The van der Waals surface area contributed by atoms with Crippen LogP contribution in [0.25, 0.3) is 0 Å². The molecule has 0 unspecified atom stereocenters. The second kappa shape index (κ2) is 12.0. The fourth-order valence-corrected chi connectivity index (χ4v) is 2.29. The van der Waals surface area contributed by atoms with Crippen molar-refractivity contribution in [2.75, 3.05) is 33.1 Å². The molecule has 0 aromatic heterocycles. The maximum atomic E-state index is 12.0. The summed E-state index contributed by atoms with van der Waals surface area (Å²) in [6.45, 7) is 0.640. The molecule has 0 heterocycles. The molecule has 0 saturated heterocycles. The van der Waals surface area contributed by atoms with E-state index in [0.717, 1.165) is 11.3 Å². The number of amides is 1. The number of aliphatic imine (C=N–C) groups is 1. The van der Waals surface area contributed by atoms with Crippen molar-refractivity contribution in [1.82, 2.24) is 10.6 Å². The zero-order valence-electron chi connectivity index (χ0n) is 15.6. The molecule has 1 amide bonds. The smallest absolute Gasteiger partial charge is 0.243 e. The fourth-order valence-electron chi connectivity index (χ4n) is 2.29. The number of anilines is 1. The number of methoxy groups -OCH3 is 2. The number of carbonyl (C=O) groups is 1. The van der Waals surface area contributed by atoms with Gasteiger partial charge in [-0.15, -0.1) is 24.0 Å². The third-order valence-corrected chi connectivity index (χ3v) is 3.61. The minimum absolute atomic E-state index is 0. The van der Waals surface area contributed by atoms with Gasteiger partial charge in [-0.2, -0.15) is 0 Å². The Morgan fingerprint density at radius 2 is 1.70 bits per heavy atom. The van der Waals surface area contributed by atoms with Gasteiger partial charge >= 0.3 is 0 Å². The Labute approximate surface area is 176 Å². The van der Waals surface area contributed by atoms with Crippen LogP contribution in [0.5, 0.6) is 11.5 Å². The van der Waals surface area contributed by atoms with E-state index in [1.807, 2.05) is 48.5 Å². The Hall–Kier alpha value is -2.49. The lowest BCUT2D eigenvalue weighted by atomic mass is 10.2. The predicted molar refractivity (Wildman–Crippen MR) is 118 cm³/mol. The molecule has 0 atom stereocenters. The molecule has 0 aliphatic heterocycles. The van der Waals surface area contributed by atoms with E-state index in [1.54, 1.807) is 21.3 Å². The van der Waals surface area contributed by atoms with Crippen LogP contribution < -0.4 is 25.4 Å². The summed E-state index contributed by atoms with van der Waals surface area (Å²) in [5.74, 6) is 1.72. The first-order chi connectivity index (χ1) is 12.7. The van der Waals surface area contributed by atoms with E-state index in [1.165, 1.54) is 0 Å².